The summed E-state index contributed by atoms with van der Waals surface area (Å²) in [6.07, 6.45) is 0. The highest BCUT2D eigenvalue weighted by molar-refractivity contribution is 5.94. The first-order valence-electron chi connectivity index (χ1n) is 9.19. The molecule has 3 rings (SSSR count). The quantitative estimate of drug-likeness (QED) is 0.798. The van der Waals surface area contributed by atoms with Gasteiger partial charge in [-0.3, -0.25) is 0 Å². The fourth-order valence-electron chi connectivity index (χ4n) is 3.16. The van der Waals surface area contributed by atoms with Crippen LogP contribution in [0.5, 0.6) is 0 Å². The Labute approximate surface area is 169 Å². The van der Waals surface area contributed by atoms with Crippen LogP contribution in [-0.4, -0.2) is 63.3 Å². The fraction of sp³-hybridized carbons (Fsp3) is 0.286. The number of hydrogen-bond donors (Lipinski definition) is 1. The molecule has 29 heavy (non-hydrogen) atoms. The third kappa shape index (κ3) is 4.84. The van der Waals surface area contributed by atoms with Crippen molar-refractivity contribution in [3.63, 3.8) is 0 Å². The number of rotatable bonds is 4. The summed E-state index contributed by atoms with van der Waals surface area (Å²) in [5, 5.41) is 2.82. The Morgan fingerprint density at radius 3 is 2.03 bits per heavy atom. The Kier molecular flexibility index (Phi) is 6.33. The average Bonchev–Trinajstić information content (AvgIpc) is 2.78. The van der Waals surface area contributed by atoms with E-state index < -0.39 is 5.97 Å². The van der Waals surface area contributed by atoms with Crippen molar-refractivity contribution >= 4 is 29.3 Å². The third-order valence-electron chi connectivity index (χ3n) is 4.73. The number of nitrogens with zero attached hydrogens (tertiary/aromatic N) is 2. The second-order valence-electron chi connectivity index (χ2n) is 6.52. The summed E-state index contributed by atoms with van der Waals surface area (Å²) in [7, 11) is 2.67. The van der Waals surface area contributed by atoms with Crippen molar-refractivity contribution < 1.29 is 23.9 Å². The van der Waals surface area contributed by atoms with E-state index in [1.54, 1.807) is 41.3 Å². The lowest BCUT2D eigenvalue weighted by atomic mass is 10.1. The third-order valence-corrected chi connectivity index (χ3v) is 4.73. The summed E-state index contributed by atoms with van der Waals surface area (Å²) in [6, 6.07) is 13.6. The van der Waals surface area contributed by atoms with Gasteiger partial charge in [0.15, 0.2) is 0 Å². The number of amides is 2. The van der Waals surface area contributed by atoms with Gasteiger partial charge in [0.05, 0.1) is 25.3 Å². The number of anilines is 2. The Balaban J connectivity index is 1.59. The Morgan fingerprint density at radius 1 is 0.828 bits per heavy atom. The minimum absolute atomic E-state index is 0.227. The van der Waals surface area contributed by atoms with Crippen LogP contribution in [0.2, 0.25) is 0 Å². The van der Waals surface area contributed by atoms with E-state index in [9.17, 15) is 14.4 Å². The first kappa shape index (κ1) is 20.2. The van der Waals surface area contributed by atoms with Crippen LogP contribution in [-0.2, 0) is 9.47 Å². The van der Waals surface area contributed by atoms with Gasteiger partial charge >= 0.3 is 18.0 Å². The van der Waals surface area contributed by atoms with Crippen LogP contribution < -0.4 is 10.2 Å². The molecule has 0 spiro atoms. The number of piperazine rings is 1. The van der Waals surface area contributed by atoms with Gasteiger partial charge < -0.3 is 24.6 Å². The number of ether oxygens (including phenoxy) is 2. The molecule has 0 aromatic heterocycles. The Bertz CT molecular complexity index is 907. The first-order chi connectivity index (χ1) is 14.0. The molecule has 1 aliphatic rings. The number of hydrogen-bond acceptors (Lipinski definition) is 6. The van der Waals surface area contributed by atoms with E-state index in [4.69, 9.17) is 9.47 Å². The van der Waals surface area contributed by atoms with Crippen molar-refractivity contribution in [2.24, 2.45) is 0 Å². The summed E-state index contributed by atoms with van der Waals surface area (Å²) in [4.78, 5) is 39.7. The zero-order chi connectivity index (χ0) is 20.8. The van der Waals surface area contributed by atoms with Crippen molar-refractivity contribution in [3.8, 4) is 0 Å². The van der Waals surface area contributed by atoms with Crippen molar-refractivity contribution in [1.29, 1.82) is 0 Å². The lowest BCUT2D eigenvalue weighted by Gasteiger charge is -2.36. The molecule has 0 bridgehead atoms. The van der Waals surface area contributed by atoms with Gasteiger partial charge in [0.25, 0.3) is 0 Å². The van der Waals surface area contributed by atoms with Gasteiger partial charge in [0.2, 0.25) is 0 Å². The molecule has 0 unspecified atom stereocenters. The molecule has 0 radical (unpaired) electrons. The second-order valence-corrected chi connectivity index (χ2v) is 6.52. The SMILES string of the molecule is COC(=O)c1cccc(NC(=O)N2CCN(c3cccc(C(=O)OC)c3)CC2)c1. The molecule has 1 N–H and O–H groups in total. The van der Waals surface area contributed by atoms with E-state index >= 15 is 0 Å². The topological polar surface area (TPSA) is 88.2 Å². The minimum Gasteiger partial charge on any atom is -0.465 e. The number of carbonyl (C=O) groups is 3. The van der Waals surface area contributed by atoms with E-state index in [0.29, 0.717) is 43.0 Å². The van der Waals surface area contributed by atoms with E-state index in [2.05, 4.69) is 10.2 Å². The second kappa shape index (κ2) is 9.09. The van der Waals surface area contributed by atoms with E-state index in [1.807, 2.05) is 12.1 Å². The molecule has 152 valence electrons. The van der Waals surface area contributed by atoms with Crippen LogP contribution in [0.15, 0.2) is 48.5 Å². The smallest absolute Gasteiger partial charge is 0.337 e. The molecule has 2 amide bonds. The normalized spacial score (nSPS) is 13.6. The summed E-state index contributed by atoms with van der Waals surface area (Å²) >= 11 is 0. The van der Waals surface area contributed by atoms with Crippen LogP contribution in [0.3, 0.4) is 0 Å². The van der Waals surface area contributed by atoms with Gasteiger partial charge in [0, 0.05) is 37.6 Å². The summed E-state index contributed by atoms with van der Waals surface area (Å²) in [5.41, 5.74) is 2.32. The fourth-order valence-corrected chi connectivity index (χ4v) is 3.16. The highest BCUT2D eigenvalue weighted by Gasteiger charge is 2.22. The molecule has 8 heteroatoms. The van der Waals surface area contributed by atoms with E-state index in [-0.39, 0.29) is 12.0 Å². The monoisotopic (exact) mass is 397 g/mol. The maximum absolute atomic E-state index is 12.6. The zero-order valence-corrected chi connectivity index (χ0v) is 16.4. The molecule has 0 saturated carbocycles. The van der Waals surface area contributed by atoms with Crippen LogP contribution in [0.1, 0.15) is 20.7 Å². The summed E-state index contributed by atoms with van der Waals surface area (Å²) in [6.45, 7) is 2.34. The Hall–Kier alpha value is -3.55. The molecule has 1 fully saturated rings. The van der Waals surface area contributed by atoms with Crippen molar-refractivity contribution in [2.75, 3.05) is 50.6 Å². The van der Waals surface area contributed by atoms with Gasteiger partial charge in [-0.1, -0.05) is 12.1 Å². The van der Waals surface area contributed by atoms with Crippen molar-refractivity contribution in [1.82, 2.24) is 4.90 Å². The molecular formula is C21H23N3O5. The number of benzene rings is 2. The number of urea groups is 1. The number of carbonyl (C=O) groups excluding carboxylic acids is 3. The van der Waals surface area contributed by atoms with Crippen LogP contribution in [0.25, 0.3) is 0 Å². The van der Waals surface area contributed by atoms with Crippen LogP contribution >= 0.6 is 0 Å². The maximum Gasteiger partial charge on any atom is 0.337 e. The lowest BCUT2D eigenvalue weighted by molar-refractivity contribution is 0.0592. The minimum atomic E-state index is -0.455. The van der Waals surface area contributed by atoms with Gasteiger partial charge in [-0.25, -0.2) is 14.4 Å². The number of esters is 2. The lowest BCUT2D eigenvalue weighted by Crippen LogP contribution is -2.50. The van der Waals surface area contributed by atoms with Crippen LogP contribution in [0.4, 0.5) is 16.2 Å². The largest absolute Gasteiger partial charge is 0.465 e. The predicted molar refractivity (Wildman–Crippen MR) is 108 cm³/mol. The molecule has 1 aliphatic heterocycles. The molecule has 2 aromatic carbocycles. The Morgan fingerprint density at radius 2 is 1.41 bits per heavy atom. The van der Waals surface area contributed by atoms with Crippen LogP contribution in [0, 0.1) is 0 Å². The summed E-state index contributed by atoms with van der Waals surface area (Å²) in [5.74, 6) is -0.831. The first-order valence-corrected chi connectivity index (χ1v) is 9.19. The molecular weight excluding hydrogens is 374 g/mol. The van der Waals surface area contributed by atoms with Crippen molar-refractivity contribution in [3.05, 3.63) is 59.7 Å². The standard InChI is InChI=1S/C21H23N3O5/c1-28-19(25)15-5-3-7-17(13-15)22-21(27)24-11-9-23(10-12-24)18-8-4-6-16(14-18)20(26)29-2/h3-8,13-14H,9-12H2,1-2H3,(H,22,27). The summed E-state index contributed by atoms with van der Waals surface area (Å²) < 4.78 is 9.47. The van der Waals surface area contributed by atoms with E-state index in [1.165, 1.54) is 14.2 Å². The van der Waals surface area contributed by atoms with Crippen molar-refractivity contribution in [2.45, 2.75) is 0 Å². The predicted octanol–water partition coefficient (Wildman–Crippen LogP) is 2.61. The molecule has 1 heterocycles. The zero-order valence-electron chi connectivity index (χ0n) is 16.4. The molecule has 0 aliphatic carbocycles. The molecule has 8 nitrogen and oxygen atoms in total. The number of nitrogens with one attached hydrogen (secondary N) is 1. The highest BCUT2D eigenvalue weighted by atomic mass is 16.5. The molecule has 2 aromatic rings. The molecule has 0 atom stereocenters. The highest BCUT2D eigenvalue weighted by Crippen LogP contribution is 2.19. The average molecular weight is 397 g/mol. The van der Waals surface area contributed by atoms with Gasteiger partial charge in [-0.05, 0) is 36.4 Å². The van der Waals surface area contributed by atoms with Gasteiger partial charge in [0.1, 0.15) is 0 Å². The van der Waals surface area contributed by atoms with Gasteiger partial charge in [-0.2, -0.15) is 0 Å². The number of methoxy groups -OCH3 is 2. The van der Waals surface area contributed by atoms with E-state index in [0.717, 1.165) is 5.69 Å². The maximum atomic E-state index is 12.6. The molecule has 1 saturated heterocycles. The van der Waals surface area contributed by atoms with Gasteiger partial charge in [-0.15, -0.1) is 0 Å².